The van der Waals surface area contributed by atoms with Gasteiger partial charge in [-0.3, -0.25) is 0 Å². The summed E-state index contributed by atoms with van der Waals surface area (Å²) in [5, 5.41) is 127. The maximum atomic E-state index is 11.6. The molecule has 412 valence electrons. The fraction of sp³-hybridized carbons (Fsp3) is 0.922. The lowest BCUT2D eigenvalue weighted by atomic mass is 9.47. The van der Waals surface area contributed by atoms with E-state index in [1.54, 1.807) is 0 Å². The van der Waals surface area contributed by atoms with Gasteiger partial charge < -0.3 is 104 Å². The van der Waals surface area contributed by atoms with Gasteiger partial charge in [0.15, 0.2) is 25.2 Å². The lowest BCUT2D eigenvalue weighted by Gasteiger charge is -2.58. The molecule has 9 aliphatic rings. The van der Waals surface area contributed by atoms with Crippen molar-refractivity contribution in [1.82, 2.24) is 0 Å². The molecular weight excluding hydrogens is 949 g/mol. The SMILES string of the molecule is CC1=C(CCC(C)COC2OC(CO)C(O)C(O)C2O)OC2CC3C4CC=C5CC(OC6OC(CO)C(OC7OC(C)C(O)C(O)C7OC7OC(C)C(O)C(O)C7O)C(O)C6O)CCC5(C)C4CCC3(C)C12. The molecule has 0 aromatic rings. The van der Waals surface area contributed by atoms with Gasteiger partial charge in [-0.15, -0.1) is 0 Å². The summed E-state index contributed by atoms with van der Waals surface area (Å²) in [5.74, 6) is 2.92. The number of allylic oxidation sites excluding steroid dienone is 2. The molecule has 21 heteroatoms. The summed E-state index contributed by atoms with van der Waals surface area (Å²) in [6.45, 7) is 11.1. The number of aliphatic hydroxyl groups is 12. The van der Waals surface area contributed by atoms with Crippen LogP contribution in [0.2, 0.25) is 0 Å². The van der Waals surface area contributed by atoms with Crippen LogP contribution in [0, 0.1) is 40.4 Å². The van der Waals surface area contributed by atoms with Gasteiger partial charge in [0.05, 0.1) is 43.9 Å². The van der Waals surface area contributed by atoms with Crippen molar-refractivity contribution in [3.05, 3.63) is 23.0 Å². The molecule has 0 aromatic heterocycles. The van der Waals surface area contributed by atoms with E-state index < -0.39 is 136 Å². The first kappa shape index (κ1) is 55.2. The van der Waals surface area contributed by atoms with Crippen molar-refractivity contribution in [1.29, 1.82) is 0 Å². The van der Waals surface area contributed by atoms with Gasteiger partial charge in [0.2, 0.25) is 0 Å². The van der Waals surface area contributed by atoms with Gasteiger partial charge in [-0.2, -0.15) is 0 Å². The molecule has 72 heavy (non-hydrogen) atoms. The molecule has 7 fully saturated rings. The van der Waals surface area contributed by atoms with E-state index in [9.17, 15) is 61.3 Å². The van der Waals surface area contributed by atoms with Gasteiger partial charge in [0.1, 0.15) is 91.6 Å². The van der Waals surface area contributed by atoms with Gasteiger partial charge >= 0.3 is 0 Å². The third kappa shape index (κ3) is 9.90. The van der Waals surface area contributed by atoms with E-state index in [1.807, 2.05) is 6.92 Å². The maximum Gasteiger partial charge on any atom is 0.187 e. The second kappa shape index (κ2) is 21.7. The van der Waals surface area contributed by atoms with Crippen molar-refractivity contribution in [3.63, 3.8) is 0 Å². The molecule has 0 spiro atoms. The second-order valence-electron chi connectivity index (χ2n) is 23.2. The highest BCUT2D eigenvalue weighted by molar-refractivity contribution is 5.30. The minimum absolute atomic E-state index is 0.0484. The van der Waals surface area contributed by atoms with Crippen molar-refractivity contribution in [2.75, 3.05) is 19.8 Å². The van der Waals surface area contributed by atoms with E-state index >= 15 is 0 Å². The fourth-order valence-electron chi connectivity index (χ4n) is 14.5. The van der Waals surface area contributed by atoms with Crippen molar-refractivity contribution in [3.8, 4) is 0 Å². The zero-order chi connectivity index (χ0) is 51.9. The van der Waals surface area contributed by atoms with Crippen molar-refractivity contribution in [2.24, 2.45) is 40.4 Å². The Morgan fingerprint density at radius 3 is 1.96 bits per heavy atom. The molecule has 5 heterocycles. The third-order valence-corrected chi connectivity index (χ3v) is 18.8. The van der Waals surface area contributed by atoms with Gasteiger partial charge in [-0.25, -0.2) is 0 Å². The van der Waals surface area contributed by atoms with Crippen molar-refractivity contribution < 1.29 is 104 Å². The topological polar surface area (TPSA) is 326 Å². The monoisotopic (exact) mass is 1030 g/mol. The summed E-state index contributed by atoms with van der Waals surface area (Å²) < 4.78 is 54.1. The van der Waals surface area contributed by atoms with Crippen LogP contribution in [-0.4, -0.2) is 216 Å². The van der Waals surface area contributed by atoms with Crippen molar-refractivity contribution in [2.45, 2.75) is 234 Å². The normalized spacial score (nSPS) is 52.9. The Hall–Kier alpha value is -1.52. The molecule has 21 nitrogen and oxygen atoms in total. The number of hydrogen-bond donors (Lipinski definition) is 12. The first-order valence-electron chi connectivity index (χ1n) is 26.4. The molecule has 3 saturated carbocycles. The first-order chi connectivity index (χ1) is 34.1. The molecular formula is C51H82O21. The summed E-state index contributed by atoms with van der Waals surface area (Å²) in [5.41, 5.74) is 2.70. The molecule has 4 saturated heterocycles. The Morgan fingerprint density at radius 1 is 0.653 bits per heavy atom. The van der Waals surface area contributed by atoms with E-state index in [1.165, 1.54) is 25.0 Å². The molecule has 0 radical (unpaired) electrons. The molecule has 29 atom stereocenters. The smallest absolute Gasteiger partial charge is 0.187 e. The van der Waals surface area contributed by atoms with Crippen LogP contribution in [0.4, 0.5) is 0 Å². The van der Waals surface area contributed by atoms with Gasteiger partial charge in [0, 0.05) is 12.3 Å². The number of aliphatic hydroxyl groups excluding tert-OH is 12. The molecule has 9 rings (SSSR count). The zero-order valence-corrected chi connectivity index (χ0v) is 42.2. The molecule has 5 aliphatic heterocycles. The Balaban J connectivity index is 0.794. The van der Waals surface area contributed by atoms with E-state index in [-0.39, 0.29) is 35.6 Å². The van der Waals surface area contributed by atoms with Crippen LogP contribution in [0.15, 0.2) is 23.0 Å². The highest BCUT2D eigenvalue weighted by atomic mass is 16.8. The largest absolute Gasteiger partial charge is 0.494 e. The Labute approximate surface area is 420 Å². The third-order valence-electron chi connectivity index (χ3n) is 18.8. The van der Waals surface area contributed by atoms with E-state index in [0.717, 1.165) is 50.7 Å². The lowest BCUT2D eigenvalue weighted by Crippen LogP contribution is -2.66. The summed E-state index contributed by atoms with van der Waals surface area (Å²) in [6.07, 6.45) is -18.6. The lowest BCUT2D eigenvalue weighted by molar-refractivity contribution is -0.386. The average Bonchev–Trinajstić information content (AvgIpc) is 3.85. The summed E-state index contributed by atoms with van der Waals surface area (Å²) in [4.78, 5) is 0. The Bertz CT molecular complexity index is 1920. The quantitative estimate of drug-likeness (QED) is 0.0926. The fourth-order valence-corrected chi connectivity index (χ4v) is 14.5. The number of rotatable bonds is 14. The van der Waals surface area contributed by atoms with Crippen LogP contribution in [0.25, 0.3) is 0 Å². The van der Waals surface area contributed by atoms with Crippen LogP contribution < -0.4 is 0 Å². The Kier molecular flexibility index (Phi) is 16.7. The first-order valence-corrected chi connectivity index (χ1v) is 26.4. The van der Waals surface area contributed by atoms with Gasteiger partial charge in [0.25, 0.3) is 0 Å². The predicted octanol–water partition coefficient (Wildman–Crippen LogP) is -1.03. The Morgan fingerprint density at radius 2 is 1.25 bits per heavy atom. The molecule has 0 aromatic carbocycles. The van der Waals surface area contributed by atoms with Crippen LogP contribution >= 0.6 is 0 Å². The van der Waals surface area contributed by atoms with Crippen molar-refractivity contribution >= 4 is 0 Å². The van der Waals surface area contributed by atoms with Crippen LogP contribution in [-0.2, 0) is 42.6 Å². The van der Waals surface area contributed by atoms with E-state index in [2.05, 4.69) is 26.8 Å². The minimum atomic E-state index is -1.75. The molecule has 12 N–H and O–H groups in total. The van der Waals surface area contributed by atoms with E-state index in [0.29, 0.717) is 36.5 Å². The predicted molar refractivity (Wildman–Crippen MR) is 247 cm³/mol. The van der Waals surface area contributed by atoms with Gasteiger partial charge in [-0.1, -0.05) is 32.4 Å². The standard InChI is InChI=1S/C51H82O21/c1-20(19-64-46-41(61)38(58)36(56)31(17-52)69-46)7-10-29-21(2)33-30(68-29)16-28-26-9-8-24-15-25(11-13-50(24,5)27(26)12-14-51(28,33)6)67-48-43(63)40(60)44(32(18-53)70-48)71-49-45(39(59)35(55)23(4)66-49)72-47-42(62)37(57)34(54)22(3)65-47/h8,20,22-23,25-28,30-49,52-63H,7,9-19H2,1-6H3. The second-order valence-corrected chi connectivity index (χ2v) is 23.2. The van der Waals surface area contributed by atoms with Gasteiger partial charge in [-0.05, 0) is 112 Å². The van der Waals surface area contributed by atoms with Crippen LogP contribution in [0.5, 0.6) is 0 Å². The highest BCUT2D eigenvalue weighted by Gasteiger charge is 2.64. The summed E-state index contributed by atoms with van der Waals surface area (Å²) >= 11 is 0. The summed E-state index contributed by atoms with van der Waals surface area (Å²) in [7, 11) is 0. The molecule has 29 unspecified atom stereocenters. The van der Waals surface area contributed by atoms with Crippen LogP contribution in [0.1, 0.15) is 99.3 Å². The summed E-state index contributed by atoms with van der Waals surface area (Å²) in [6, 6.07) is 0. The molecule has 0 amide bonds. The molecule has 4 aliphatic carbocycles. The maximum absolute atomic E-state index is 11.6. The number of ether oxygens (including phenoxy) is 9. The minimum Gasteiger partial charge on any atom is -0.494 e. The highest BCUT2D eigenvalue weighted by Crippen LogP contribution is 2.69. The number of fused-ring (bicyclic) bond motifs is 7. The van der Waals surface area contributed by atoms with Crippen LogP contribution in [0.3, 0.4) is 0 Å². The number of hydrogen-bond acceptors (Lipinski definition) is 21. The van der Waals surface area contributed by atoms with E-state index in [4.69, 9.17) is 42.6 Å². The average molecular weight is 1030 g/mol. The zero-order valence-electron chi connectivity index (χ0n) is 42.2. The molecule has 0 bridgehead atoms.